The number of nitrogens with one attached hydrogen (secondary N) is 2. The molecule has 0 unspecified atom stereocenters. The second-order valence-electron chi connectivity index (χ2n) is 8.62. The minimum Gasteiger partial charge on any atom is -0.357 e. The third-order valence-corrected chi connectivity index (χ3v) is 5.45. The number of carbonyl (C=O) groups is 1. The number of amides is 1. The molecule has 0 aliphatic carbocycles. The lowest BCUT2D eigenvalue weighted by atomic mass is 10.2. The summed E-state index contributed by atoms with van der Waals surface area (Å²) in [7, 11) is 0. The summed E-state index contributed by atoms with van der Waals surface area (Å²) in [4.78, 5) is 21.5. The first kappa shape index (κ1) is 23.8. The van der Waals surface area contributed by atoms with Gasteiger partial charge in [0, 0.05) is 44.5 Å². The van der Waals surface area contributed by atoms with E-state index >= 15 is 0 Å². The van der Waals surface area contributed by atoms with Gasteiger partial charge in [-0.05, 0) is 52.3 Å². The molecule has 8 heteroatoms. The zero-order chi connectivity index (χ0) is 23.1. The molecule has 0 saturated carbocycles. The highest BCUT2D eigenvalue weighted by Crippen LogP contribution is 2.18. The number of guanidine groups is 1. The Balaban J connectivity index is 1.67. The monoisotopic (exact) mass is 439 g/mol. The molecule has 3 rings (SSSR count). The first-order valence-corrected chi connectivity index (χ1v) is 11.5. The SMILES string of the molecule is CCNC(=NCc1ccccc1-n1nc(C)cc1C)N1CCN(CC(=O)NC(C)C)CC1. The van der Waals surface area contributed by atoms with Crippen LogP contribution in [0.4, 0.5) is 0 Å². The van der Waals surface area contributed by atoms with Gasteiger partial charge in [0.25, 0.3) is 0 Å². The number of rotatable bonds is 7. The zero-order valence-corrected chi connectivity index (χ0v) is 20.1. The van der Waals surface area contributed by atoms with Crippen LogP contribution in [-0.2, 0) is 11.3 Å². The normalized spacial score (nSPS) is 15.3. The summed E-state index contributed by atoms with van der Waals surface area (Å²) in [5.41, 5.74) is 4.33. The van der Waals surface area contributed by atoms with Crippen molar-refractivity contribution in [2.75, 3.05) is 39.3 Å². The van der Waals surface area contributed by atoms with Crippen molar-refractivity contribution in [3.63, 3.8) is 0 Å². The summed E-state index contributed by atoms with van der Waals surface area (Å²) in [5, 5.41) is 11.1. The number of benzene rings is 1. The second kappa shape index (κ2) is 11.1. The third-order valence-electron chi connectivity index (χ3n) is 5.45. The van der Waals surface area contributed by atoms with Crippen LogP contribution >= 0.6 is 0 Å². The number of aromatic nitrogens is 2. The van der Waals surface area contributed by atoms with Crippen molar-refractivity contribution in [3.8, 4) is 5.69 Å². The van der Waals surface area contributed by atoms with E-state index in [1.807, 2.05) is 37.6 Å². The fourth-order valence-corrected chi connectivity index (χ4v) is 4.00. The summed E-state index contributed by atoms with van der Waals surface area (Å²) < 4.78 is 1.99. The van der Waals surface area contributed by atoms with Gasteiger partial charge in [-0.1, -0.05) is 18.2 Å². The average Bonchev–Trinajstić information content (AvgIpc) is 3.09. The van der Waals surface area contributed by atoms with Crippen molar-refractivity contribution in [3.05, 3.63) is 47.3 Å². The molecule has 32 heavy (non-hydrogen) atoms. The maximum atomic E-state index is 12.1. The van der Waals surface area contributed by atoms with E-state index in [1.165, 1.54) is 0 Å². The van der Waals surface area contributed by atoms with E-state index in [4.69, 9.17) is 4.99 Å². The molecule has 1 amide bonds. The molecule has 0 atom stereocenters. The average molecular weight is 440 g/mol. The van der Waals surface area contributed by atoms with E-state index in [2.05, 4.69) is 57.6 Å². The number of para-hydroxylation sites is 1. The highest BCUT2D eigenvalue weighted by atomic mass is 16.2. The molecule has 1 fully saturated rings. The number of piperazine rings is 1. The van der Waals surface area contributed by atoms with Crippen LogP contribution in [0.1, 0.15) is 37.7 Å². The van der Waals surface area contributed by atoms with Crippen LogP contribution in [0.3, 0.4) is 0 Å². The first-order chi connectivity index (χ1) is 15.4. The van der Waals surface area contributed by atoms with Gasteiger partial charge < -0.3 is 15.5 Å². The molecule has 1 aliphatic rings. The number of carbonyl (C=O) groups excluding carboxylic acids is 1. The first-order valence-electron chi connectivity index (χ1n) is 11.5. The molecule has 2 N–H and O–H groups in total. The van der Waals surface area contributed by atoms with E-state index < -0.39 is 0 Å². The molecule has 2 heterocycles. The van der Waals surface area contributed by atoms with E-state index in [1.54, 1.807) is 0 Å². The van der Waals surface area contributed by atoms with Gasteiger partial charge in [-0.25, -0.2) is 9.67 Å². The van der Waals surface area contributed by atoms with Crippen molar-refractivity contribution in [1.82, 2.24) is 30.2 Å². The number of aliphatic imine (C=N–C) groups is 1. The minimum absolute atomic E-state index is 0.0924. The molecular weight excluding hydrogens is 402 g/mol. The molecule has 2 aromatic rings. The second-order valence-corrected chi connectivity index (χ2v) is 8.62. The van der Waals surface area contributed by atoms with Gasteiger partial charge in [0.1, 0.15) is 0 Å². The van der Waals surface area contributed by atoms with Gasteiger partial charge in [0.15, 0.2) is 5.96 Å². The summed E-state index contributed by atoms with van der Waals surface area (Å²) in [6, 6.07) is 10.6. The van der Waals surface area contributed by atoms with Crippen LogP contribution in [0.15, 0.2) is 35.3 Å². The maximum Gasteiger partial charge on any atom is 0.234 e. The van der Waals surface area contributed by atoms with Crippen LogP contribution < -0.4 is 10.6 Å². The molecular formula is C24H37N7O. The standard InChI is InChI=1S/C24H37N7O/c1-6-25-24(30-13-11-29(12-14-30)17-23(32)27-18(2)3)26-16-21-9-7-8-10-22(21)31-20(5)15-19(4)28-31/h7-10,15,18H,6,11-14,16-17H2,1-5H3,(H,25,26)(H,27,32). The minimum atomic E-state index is 0.0924. The molecule has 1 aliphatic heterocycles. The smallest absolute Gasteiger partial charge is 0.234 e. The fraction of sp³-hybridized carbons (Fsp3) is 0.542. The molecule has 0 radical (unpaired) electrons. The summed E-state index contributed by atoms with van der Waals surface area (Å²) in [6.45, 7) is 15.4. The molecule has 1 aromatic carbocycles. The lowest BCUT2D eigenvalue weighted by molar-refractivity contribution is -0.123. The van der Waals surface area contributed by atoms with Gasteiger partial charge in [0.2, 0.25) is 5.91 Å². The summed E-state index contributed by atoms with van der Waals surface area (Å²) in [5.74, 6) is 1.01. The van der Waals surface area contributed by atoms with Crippen molar-refractivity contribution >= 4 is 11.9 Å². The van der Waals surface area contributed by atoms with Gasteiger partial charge in [0.05, 0.1) is 24.5 Å². The molecule has 0 spiro atoms. The largest absolute Gasteiger partial charge is 0.357 e. The molecule has 1 saturated heterocycles. The molecule has 0 bridgehead atoms. The van der Waals surface area contributed by atoms with E-state index in [9.17, 15) is 4.79 Å². The quantitative estimate of drug-likeness (QED) is 0.510. The zero-order valence-electron chi connectivity index (χ0n) is 20.1. The highest BCUT2D eigenvalue weighted by molar-refractivity contribution is 5.80. The summed E-state index contributed by atoms with van der Waals surface area (Å²) in [6.07, 6.45) is 0. The Morgan fingerprint density at radius 3 is 2.50 bits per heavy atom. The predicted octanol–water partition coefficient (Wildman–Crippen LogP) is 2.10. The van der Waals surface area contributed by atoms with Crippen LogP contribution in [0.2, 0.25) is 0 Å². The van der Waals surface area contributed by atoms with Crippen LogP contribution in [-0.4, -0.2) is 76.8 Å². The Kier molecular flexibility index (Phi) is 8.27. The fourth-order valence-electron chi connectivity index (χ4n) is 4.00. The third kappa shape index (κ3) is 6.32. The lowest BCUT2D eigenvalue weighted by Crippen LogP contribution is -2.54. The molecule has 1 aromatic heterocycles. The maximum absolute atomic E-state index is 12.1. The molecule has 8 nitrogen and oxygen atoms in total. The number of hydrogen-bond acceptors (Lipinski definition) is 4. The van der Waals surface area contributed by atoms with Gasteiger partial charge in [-0.15, -0.1) is 0 Å². The Morgan fingerprint density at radius 2 is 1.88 bits per heavy atom. The highest BCUT2D eigenvalue weighted by Gasteiger charge is 2.21. The van der Waals surface area contributed by atoms with Gasteiger partial charge >= 0.3 is 0 Å². The van der Waals surface area contributed by atoms with E-state index in [-0.39, 0.29) is 11.9 Å². The Bertz CT molecular complexity index is 926. The number of hydrogen-bond donors (Lipinski definition) is 2. The van der Waals surface area contributed by atoms with Gasteiger partial charge in [-0.3, -0.25) is 9.69 Å². The van der Waals surface area contributed by atoms with E-state index in [0.29, 0.717) is 13.1 Å². The Labute approximate surface area is 191 Å². The summed E-state index contributed by atoms with van der Waals surface area (Å²) >= 11 is 0. The Hall–Kier alpha value is -2.87. The predicted molar refractivity (Wildman–Crippen MR) is 129 cm³/mol. The lowest BCUT2D eigenvalue weighted by Gasteiger charge is -2.36. The molecule has 174 valence electrons. The van der Waals surface area contributed by atoms with Crippen molar-refractivity contribution in [1.29, 1.82) is 0 Å². The van der Waals surface area contributed by atoms with Crippen molar-refractivity contribution in [2.45, 2.75) is 47.2 Å². The Morgan fingerprint density at radius 1 is 1.16 bits per heavy atom. The van der Waals surface area contributed by atoms with Gasteiger partial charge in [-0.2, -0.15) is 5.10 Å². The number of nitrogens with zero attached hydrogens (tertiary/aromatic N) is 5. The van der Waals surface area contributed by atoms with Crippen LogP contribution in [0, 0.1) is 13.8 Å². The van der Waals surface area contributed by atoms with Crippen molar-refractivity contribution < 1.29 is 4.79 Å². The van der Waals surface area contributed by atoms with Crippen LogP contribution in [0.25, 0.3) is 5.69 Å². The van der Waals surface area contributed by atoms with E-state index in [0.717, 1.165) is 61.3 Å². The van der Waals surface area contributed by atoms with Crippen LogP contribution in [0.5, 0.6) is 0 Å². The van der Waals surface area contributed by atoms with Crippen molar-refractivity contribution in [2.24, 2.45) is 4.99 Å². The number of aryl methyl sites for hydroxylation is 2. The topological polar surface area (TPSA) is 77.8 Å².